The molecule has 1 atom stereocenters. The number of ether oxygens (including phenoxy) is 1. The summed E-state index contributed by atoms with van der Waals surface area (Å²) in [4.78, 5) is 11.9. The van der Waals surface area contributed by atoms with Gasteiger partial charge in [0.15, 0.2) is 0 Å². The summed E-state index contributed by atoms with van der Waals surface area (Å²) in [6, 6.07) is 0. The van der Waals surface area contributed by atoms with Crippen molar-refractivity contribution in [1.82, 2.24) is 10.6 Å². The van der Waals surface area contributed by atoms with E-state index >= 15 is 0 Å². The quantitative estimate of drug-likeness (QED) is 0.816. The average Bonchev–Trinajstić information content (AvgIpc) is 2.39. The first kappa shape index (κ1) is 14.8. The Morgan fingerprint density at radius 1 is 1.37 bits per heavy atom. The van der Waals surface area contributed by atoms with Crippen LogP contribution in [0.15, 0.2) is 0 Å². The van der Waals surface area contributed by atoms with Crippen LogP contribution in [0.3, 0.4) is 0 Å². The van der Waals surface area contributed by atoms with Gasteiger partial charge in [0.25, 0.3) is 0 Å². The molecule has 0 aromatic rings. The topological polar surface area (TPSA) is 50.4 Å². The summed E-state index contributed by atoms with van der Waals surface area (Å²) in [5.74, 6) is 0.806. The van der Waals surface area contributed by atoms with Gasteiger partial charge in [0.1, 0.15) is 0 Å². The molecule has 1 heterocycles. The van der Waals surface area contributed by atoms with Gasteiger partial charge in [-0.05, 0) is 37.0 Å². The van der Waals surface area contributed by atoms with Crippen LogP contribution in [0.1, 0.15) is 46.0 Å². The van der Waals surface area contributed by atoms with Crippen LogP contribution in [0.2, 0.25) is 0 Å². The molecule has 1 unspecified atom stereocenters. The van der Waals surface area contributed by atoms with Crippen molar-refractivity contribution < 1.29 is 9.53 Å². The number of hydrogen-bond donors (Lipinski definition) is 2. The minimum Gasteiger partial charge on any atom is -0.375 e. The van der Waals surface area contributed by atoms with Crippen LogP contribution < -0.4 is 10.6 Å². The third-order valence-corrected chi connectivity index (χ3v) is 4.46. The van der Waals surface area contributed by atoms with Crippen LogP contribution in [0.5, 0.6) is 0 Å². The number of carbonyl (C=O) groups is 1. The maximum absolute atomic E-state index is 11.9. The average molecular weight is 268 g/mol. The lowest BCUT2D eigenvalue weighted by atomic mass is 9.73. The van der Waals surface area contributed by atoms with Crippen molar-refractivity contribution in [3.8, 4) is 0 Å². The Labute approximate surface area is 116 Å². The van der Waals surface area contributed by atoms with Crippen LogP contribution in [-0.2, 0) is 9.53 Å². The zero-order valence-electron chi connectivity index (χ0n) is 12.3. The number of nitrogens with one attached hydrogen (secondary N) is 2. The van der Waals surface area contributed by atoms with Gasteiger partial charge in [0.2, 0.25) is 5.91 Å². The zero-order valence-corrected chi connectivity index (χ0v) is 12.3. The van der Waals surface area contributed by atoms with E-state index in [0.29, 0.717) is 17.8 Å². The molecule has 0 radical (unpaired) electrons. The number of carbonyl (C=O) groups excluding carboxylic acids is 1. The molecule has 1 aliphatic heterocycles. The van der Waals surface area contributed by atoms with Gasteiger partial charge in [0, 0.05) is 19.6 Å². The van der Waals surface area contributed by atoms with Crippen molar-refractivity contribution in [1.29, 1.82) is 0 Å². The van der Waals surface area contributed by atoms with E-state index in [4.69, 9.17) is 4.74 Å². The highest BCUT2D eigenvalue weighted by Gasteiger charge is 2.27. The highest BCUT2D eigenvalue weighted by atomic mass is 16.5. The molecule has 0 bridgehead atoms. The second kappa shape index (κ2) is 6.71. The fourth-order valence-corrected chi connectivity index (χ4v) is 2.95. The van der Waals surface area contributed by atoms with Crippen molar-refractivity contribution in [2.24, 2.45) is 11.3 Å². The smallest absolute Gasteiger partial charge is 0.222 e. The third-order valence-electron chi connectivity index (χ3n) is 4.46. The monoisotopic (exact) mass is 268 g/mol. The molecule has 4 nitrogen and oxygen atoms in total. The van der Waals surface area contributed by atoms with Crippen molar-refractivity contribution in [3.05, 3.63) is 0 Å². The molecule has 19 heavy (non-hydrogen) atoms. The largest absolute Gasteiger partial charge is 0.375 e. The lowest BCUT2D eigenvalue weighted by Gasteiger charge is -2.34. The number of hydrogen-bond acceptors (Lipinski definition) is 3. The standard InChI is InChI=1S/C15H28N2O2/c1-15(2)5-3-12(4-6-15)10-17-14(18)9-13-11-16-7-8-19-13/h12-13,16H,3-11H2,1-2H3,(H,17,18). The lowest BCUT2D eigenvalue weighted by Crippen LogP contribution is -2.42. The normalized spacial score (nSPS) is 28.0. The molecule has 1 aliphatic carbocycles. The van der Waals surface area contributed by atoms with Gasteiger partial charge in [-0.2, -0.15) is 0 Å². The molecule has 0 aromatic heterocycles. The van der Waals surface area contributed by atoms with E-state index in [9.17, 15) is 4.79 Å². The fourth-order valence-electron chi connectivity index (χ4n) is 2.95. The second-order valence-corrected chi connectivity index (χ2v) is 6.81. The molecule has 110 valence electrons. The lowest BCUT2D eigenvalue weighted by molar-refractivity contribution is -0.124. The van der Waals surface area contributed by atoms with Crippen LogP contribution in [0.4, 0.5) is 0 Å². The predicted octanol–water partition coefficient (Wildman–Crippen LogP) is 1.70. The SMILES string of the molecule is CC1(C)CCC(CNC(=O)CC2CNCCO2)CC1. The van der Waals surface area contributed by atoms with Gasteiger partial charge in [-0.25, -0.2) is 0 Å². The van der Waals surface area contributed by atoms with Gasteiger partial charge in [0.05, 0.1) is 19.1 Å². The van der Waals surface area contributed by atoms with E-state index in [1.165, 1.54) is 25.7 Å². The summed E-state index contributed by atoms with van der Waals surface area (Å²) in [5.41, 5.74) is 0.502. The summed E-state index contributed by atoms with van der Waals surface area (Å²) in [5, 5.41) is 6.33. The molecule has 0 aromatic carbocycles. The number of rotatable bonds is 4. The molecule has 1 saturated carbocycles. The Kier molecular flexibility index (Phi) is 5.22. The Balaban J connectivity index is 1.61. The van der Waals surface area contributed by atoms with E-state index in [1.54, 1.807) is 0 Å². The van der Waals surface area contributed by atoms with Crippen LogP contribution in [0.25, 0.3) is 0 Å². The zero-order chi connectivity index (χ0) is 13.7. The summed E-state index contributed by atoms with van der Waals surface area (Å²) in [6.07, 6.45) is 5.60. The Morgan fingerprint density at radius 3 is 2.74 bits per heavy atom. The third kappa shape index (κ3) is 5.11. The second-order valence-electron chi connectivity index (χ2n) is 6.81. The Bertz CT molecular complexity index is 289. The maximum Gasteiger partial charge on any atom is 0.222 e. The molecule has 1 saturated heterocycles. The van der Waals surface area contributed by atoms with Gasteiger partial charge in [-0.15, -0.1) is 0 Å². The molecule has 2 aliphatic rings. The highest BCUT2D eigenvalue weighted by Crippen LogP contribution is 2.37. The molecular formula is C15H28N2O2. The van der Waals surface area contributed by atoms with Gasteiger partial charge >= 0.3 is 0 Å². The van der Waals surface area contributed by atoms with Crippen molar-refractivity contribution in [3.63, 3.8) is 0 Å². The molecule has 2 rings (SSSR count). The first-order valence-corrected chi connectivity index (χ1v) is 7.64. The van der Waals surface area contributed by atoms with Crippen molar-refractivity contribution >= 4 is 5.91 Å². The molecule has 0 spiro atoms. The van der Waals surface area contributed by atoms with Gasteiger partial charge < -0.3 is 15.4 Å². The number of morpholine rings is 1. The van der Waals surface area contributed by atoms with Crippen molar-refractivity contribution in [2.75, 3.05) is 26.2 Å². The molecule has 4 heteroatoms. The first-order valence-electron chi connectivity index (χ1n) is 7.64. The van der Waals surface area contributed by atoms with Crippen LogP contribution in [0, 0.1) is 11.3 Å². The number of amides is 1. The summed E-state index contributed by atoms with van der Waals surface area (Å²) in [7, 11) is 0. The summed E-state index contributed by atoms with van der Waals surface area (Å²) >= 11 is 0. The molecular weight excluding hydrogens is 240 g/mol. The minimum atomic E-state index is 0.0547. The first-order chi connectivity index (χ1) is 9.05. The van der Waals surface area contributed by atoms with E-state index in [2.05, 4.69) is 24.5 Å². The van der Waals surface area contributed by atoms with E-state index < -0.39 is 0 Å². The summed E-state index contributed by atoms with van der Waals surface area (Å²) in [6.45, 7) is 7.94. The minimum absolute atomic E-state index is 0.0547. The van der Waals surface area contributed by atoms with E-state index in [0.717, 1.165) is 26.2 Å². The van der Waals surface area contributed by atoms with E-state index in [1.807, 2.05) is 0 Å². The van der Waals surface area contributed by atoms with E-state index in [-0.39, 0.29) is 12.0 Å². The van der Waals surface area contributed by atoms with Gasteiger partial charge in [-0.3, -0.25) is 4.79 Å². The molecule has 2 N–H and O–H groups in total. The highest BCUT2D eigenvalue weighted by molar-refractivity contribution is 5.76. The summed E-state index contributed by atoms with van der Waals surface area (Å²) < 4.78 is 5.54. The van der Waals surface area contributed by atoms with Crippen molar-refractivity contribution in [2.45, 2.75) is 52.1 Å². The maximum atomic E-state index is 11.9. The molecule has 1 amide bonds. The Morgan fingerprint density at radius 2 is 2.11 bits per heavy atom. The van der Waals surface area contributed by atoms with Crippen LogP contribution >= 0.6 is 0 Å². The fraction of sp³-hybridized carbons (Fsp3) is 0.933. The van der Waals surface area contributed by atoms with Gasteiger partial charge in [-0.1, -0.05) is 13.8 Å². The Hall–Kier alpha value is -0.610. The molecule has 2 fully saturated rings. The predicted molar refractivity (Wildman–Crippen MR) is 76.0 cm³/mol. The van der Waals surface area contributed by atoms with Crippen LogP contribution in [-0.4, -0.2) is 38.3 Å².